The van der Waals surface area contributed by atoms with Crippen LogP contribution in [0.2, 0.25) is 0 Å². The molecule has 0 atom stereocenters. The first-order valence-corrected chi connectivity index (χ1v) is 4.78. The molecule has 0 heterocycles. The van der Waals surface area contributed by atoms with Gasteiger partial charge < -0.3 is 10.5 Å². The summed E-state index contributed by atoms with van der Waals surface area (Å²) >= 11 is 2.14. The highest BCUT2D eigenvalue weighted by Gasteiger charge is 2.09. The Bertz CT molecular complexity index is 326. The lowest BCUT2D eigenvalue weighted by Crippen LogP contribution is -2.04. The van der Waals surface area contributed by atoms with Crippen LogP contribution in [-0.4, -0.2) is 13.1 Å². The van der Waals surface area contributed by atoms with Crippen molar-refractivity contribution < 1.29 is 9.53 Å². The fourth-order valence-corrected chi connectivity index (χ4v) is 1.58. The Morgan fingerprint density at radius 2 is 2.15 bits per heavy atom. The maximum atomic E-state index is 11.1. The number of halogens is 1. The number of hydrogen-bond donors (Lipinski definition) is 1. The minimum Gasteiger partial charge on any atom is -0.465 e. The predicted octanol–water partition coefficient (Wildman–Crippen LogP) is 1.97. The molecule has 1 aromatic carbocycles. The second-order valence-electron chi connectivity index (χ2n) is 2.66. The van der Waals surface area contributed by atoms with Crippen molar-refractivity contribution in [1.29, 1.82) is 0 Å². The molecule has 0 aromatic heterocycles. The summed E-state index contributed by atoms with van der Waals surface area (Å²) in [6, 6.07) is 3.39. The molecule has 0 aliphatic rings. The molecule has 2 N–H and O–H groups in total. The first-order valence-electron chi connectivity index (χ1n) is 3.70. The van der Waals surface area contributed by atoms with Gasteiger partial charge in [0, 0.05) is 9.26 Å². The van der Waals surface area contributed by atoms with Crippen LogP contribution in [0.15, 0.2) is 12.1 Å². The second-order valence-corrected chi connectivity index (χ2v) is 3.83. The Labute approximate surface area is 90.4 Å². The minimum absolute atomic E-state index is 0.357. The molecule has 4 heteroatoms. The predicted molar refractivity (Wildman–Crippen MR) is 59.6 cm³/mol. The number of benzene rings is 1. The molecule has 0 amide bonds. The lowest BCUT2D eigenvalue weighted by Gasteiger charge is -2.05. The van der Waals surface area contributed by atoms with Crippen LogP contribution in [0, 0.1) is 10.5 Å². The Hall–Kier alpha value is -0.780. The van der Waals surface area contributed by atoms with E-state index in [4.69, 9.17) is 5.73 Å². The SMILES string of the molecule is COC(=O)c1cc(N)c(C)c(I)c1. The molecule has 0 aliphatic carbocycles. The number of anilines is 1. The van der Waals surface area contributed by atoms with Crippen molar-refractivity contribution in [3.05, 3.63) is 26.8 Å². The van der Waals surface area contributed by atoms with Crippen LogP contribution in [0.4, 0.5) is 5.69 Å². The highest BCUT2D eigenvalue weighted by molar-refractivity contribution is 14.1. The molecule has 0 fully saturated rings. The summed E-state index contributed by atoms with van der Waals surface area (Å²) in [7, 11) is 1.35. The van der Waals surface area contributed by atoms with Gasteiger partial charge in [-0.1, -0.05) is 0 Å². The van der Waals surface area contributed by atoms with E-state index in [0.29, 0.717) is 11.3 Å². The van der Waals surface area contributed by atoms with Gasteiger partial charge in [0.15, 0.2) is 0 Å². The molecule has 0 aliphatic heterocycles. The Balaban J connectivity index is 3.20. The van der Waals surface area contributed by atoms with Gasteiger partial charge in [0.05, 0.1) is 12.7 Å². The van der Waals surface area contributed by atoms with Gasteiger partial charge in [0.2, 0.25) is 0 Å². The lowest BCUT2D eigenvalue weighted by molar-refractivity contribution is 0.0600. The van der Waals surface area contributed by atoms with Gasteiger partial charge in [-0.2, -0.15) is 0 Å². The number of methoxy groups -OCH3 is 1. The third-order valence-electron chi connectivity index (χ3n) is 1.81. The number of esters is 1. The van der Waals surface area contributed by atoms with Crippen LogP contribution in [0.5, 0.6) is 0 Å². The Morgan fingerprint density at radius 1 is 1.54 bits per heavy atom. The molecule has 0 saturated heterocycles. The highest BCUT2D eigenvalue weighted by Crippen LogP contribution is 2.20. The molecule has 0 spiro atoms. The molecule has 13 heavy (non-hydrogen) atoms. The molecule has 0 radical (unpaired) electrons. The van der Waals surface area contributed by atoms with Crippen LogP contribution in [0.25, 0.3) is 0 Å². The van der Waals surface area contributed by atoms with Crippen LogP contribution >= 0.6 is 22.6 Å². The van der Waals surface area contributed by atoms with E-state index in [1.165, 1.54) is 7.11 Å². The molecule has 70 valence electrons. The average Bonchev–Trinajstić information content (AvgIpc) is 2.12. The fourth-order valence-electron chi connectivity index (χ4n) is 0.936. The normalized spacial score (nSPS) is 9.77. The number of rotatable bonds is 1. The highest BCUT2D eigenvalue weighted by atomic mass is 127. The van der Waals surface area contributed by atoms with Crippen molar-refractivity contribution in [3.8, 4) is 0 Å². The van der Waals surface area contributed by atoms with Crippen LogP contribution in [0.1, 0.15) is 15.9 Å². The standard InChI is InChI=1S/C9H10INO2/c1-5-7(10)3-6(4-8(5)11)9(12)13-2/h3-4H,11H2,1-2H3. The van der Waals surface area contributed by atoms with Crippen LogP contribution in [0.3, 0.4) is 0 Å². The molecular weight excluding hydrogens is 281 g/mol. The summed E-state index contributed by atoms with van der Waals surface area (Å²) in [6.07, 6.45) is 0. The monoisotopic (exact) mass is 291 g/mol. The maximum absolute atomic E-state index is 11.1. The van der Waals surface area contributed by atoms with Gasteiger partial charge in [-0.15, -0.1) is 0 Å². The molecule has 0 bridgehead atoms. The third kappa shape index (κ3) is 2.12. The van der Waals surface area contributed by atoms with E-state index in [0.717, 1.165) is 9.13 Å². The summed E-state index contributed by atoms with van der Waals surface area (Å²) in [4.78, 5) is 11.1. The average molecular weight is 291 g/mol. The van der Waals surface area contributed by atoms with Crippen molar-refractivity contribution in [3.63, 3.8) is 0 Å². The zero-order valence-corrected chi connectivity index (χ0v) is 9.58. The first-order chi connectivity index (χ1) is 6.06. The third-order valence-corrected chi connectivity index (χ3v) is 2.93. The van der Waals surface area contributed by atoms with Gasteiger partial charge in [0.25, 0.3) is 0 Å². The van der Waals surface area contributed by atoms with Crippen molar-refractivity contribution in [2.45, 2.75) is 6.92 Å². The summed E-state index contributed by atoms with van der Waals surface area (Å²) < 4.78 is 5.56. The van der Waals surface area contributed by atoms with E-state index in [2.05, 4.69) is 27.3 Å². The summed E-state index contributed by atoms with van der Waals surface area (Å²) in [5.74, 6) is -0.357. The summed E-state index contributed by atoms with van der Waals surface area (Å²) in [6.45, 7) is 1.91. The topological polar surface area (TPSA) is 52.3 Å². The number of carbonyl (C=O) groups is 1. The van der Waals surface area contributed by atoms with E-state index in [1.807, 2.05) is 6.92 Å². The smallest absolute Gasteiger partial charge is 0.337 e. The largest absolute Gasteiger partial charge is 0.465 e. The van der Waals surface area contributed by atoms with E-state index in [1.54, 1.807) is 12.1 Å². The Kier molecular flexibility index (Phi) is 3.13. The minimum atomic E-state index is -0.357. The molecule has 0 unspecified atom stereocenters. The van der Waals surface area contributed by atoms with E-state index in [-0.39, 0.29) is 5.97 Å². The van der Waals surface area contributed by atoms with Crippen molar-refractivity contribution in [1.82, 2.24) is 0 Å². The van der Waals surface area contributed by atoms with Crippen LogP contribution in [-0.2, 0) is 4.74 Å². The van der Waals surface area contributed by atoms with E-state index >= 15 is 0 Å². The van der Waals surface area contributed by atoms with Gasteiger partial charge in [-0.05, 0) is 47.2 Å². The molecular formula is C9H10INO2. The van der Waals surface area contributed by atoms with Gasteiger partial charge in [0.1, 0.15) is 0 Å². The zero-order chi connectivity index (χ0) is 10.0. The number of nitrogens with two attached hydrogens (primary N) is 1. The number of ether oxygens (including phenoxy) is 1. The van der Waals surface area contributed by atoms with Crippen molar-refractivity contribution in [2.24, 2.45) is 0 Å². The number of carbonyl (C=O) groups excluding carboxylic acids is 1. The first kappa shape index (κ1) is 10.3. The summed E-state index contributed by atoms with van der Waals surface area (Å²) in [5.41, 5.74) is 7.81. The van der Waals surface area contributed by atoms with Gasteiger partial charge >= 0.3 is 5.97 Å². The van der Waals surface area contributed by atoms with E-state index in [9.17, 15) is 4.79 Å². The number of nitrogen functional groups attached to an aromatic ring is 1. The van der Waals surface area contributed by atoms with Gasteiger partial charge in [-0.25, -0.2) is 4.79 Å². The number of hydrogen-bond acceptors (Lipinski definition) is 3. The fraction of sp³-hybridized carbons (Fsp3) is 0.222. The van der Waals surface area contributed by atoms with Crippen LogP contribution < -0.4 is 5.73 Å². The molecule has 0 saturated carbocycles. The molecule has 1 aromatic rings. The quantitative estimate of drug-likeness (QED) is 0.489. The summed E-state index contributed by atoms with van der Waals surface area (Å²) in [5, 5.41) is 0. The molecule has 3 nitrogen and oxygen atoms in total. The molecule has 1 rings (SSSR count). The van der Waals surface area contributed by atoms with Gasteiger partial charge in [-0.3, -0.25) is 0 Å². The van der Waals surface area contributed by atoms with Crippen molar-refractivity contribution in [2.75, 3.05) is 12.8 Å². The van der Waals surface area contributed by atoms with E-state index < -0.39 is 0 Å². The maximum Gasteiger partial charge on any atom is 0.337 e. The van der Waals surface area contributed by atoms with Crippen molar-refractivity contribution >= 4 is 34.2 Å². The lowest BCUT2D eigenvalue weighted by atomic mass is 10.1. The zero-order valence-electron chi connectivity index (χ0n) is 7.43. The second kappa shape index (κ2) is 3.95. The Morgan fingerprint density at radius 3 is 2.62 bits per heavy atom.